The molecule has 1 heterocycles. The molecule has 1 aliphatic carbocycles. The van der Waals surface area contributed by atoms with Crippen molar-refractivity contribution in [2.45, 2.75) is 45.6 Å². The minimum Gasteiger partial charge on any atom is -0.408 e. The third-order valence-corrected chi connectivity index (χ3v) is 5.51. The number of carbonyl (C=O) groups excluding carboxylic acids is 1. The van der Waals surface area contributed by atoms with Crippen LogP contribution >= 0.6 is 0 Å². The van der Waals surface area contributed by atoms with Crippen LogP contribution in [-0.2, 0) is 6.54 Å². The molecular formula is C24H26N2O3. The molecule has 2 aromatic carbocycles. The van der Waals surface area contributed by atoms with Gasteiger partial charge in [-0.1, -0.05) is 41.5 Å². The second kappa shape index (κ2) is 8.52. The third kappa shape index (κ3) is 4.50. The van der Waals surface area contributed by atoms with E-state index in [0.29, 0.717) is 29.8 Å². The molecule has 0 radical (unpaired) electrons. The van der Waals surface area contributed by atoms with Gasteiger partial charge < -0.3 is 9.73 Å². The van der Waals surface area contributed by atoms with Crippen LogP contribution in [0.1, 0.15) is 53.6 Å². The number of aromatic nitrogens is 1. The summed E-state index contributed by atoms with van der Waals surface area (Å²) < 4.78 is 6.93. The highest BCUT2D eigenvalue weighted by molar-refractivity contribution is 5.97. The quantitative estimate of drug-likeness (QED) is 0.627. The van der Waals surface area contributed by atoms with Gasteiger partial charge in [0.15, 0.2) is 5.58 Å². The van der Waals surface area contributed by atoms with E-state index in [2.05, 4.69) is 11.4 Å². The Labute approximate surface area is 170 Å². The number of fused-ring (bicyclic) bond motifs is 1. The molecule has 1 N–H and O–H groups in total. The van der Waals surface area contributed by atoms with Gasteiger partial charge in [-0.2, -0.15) is 0 Å². The van der Waals surface area contributed by atoms with Crippen LogP contribution in [0.25, 0.3) is 11.1 Å². The van der Waals surface area contributed by atoms with Gasteiger partial charge in [-0.15, -0.1) is 0 Å². The zero-order valence-corrected chi connectivity index (χ0v) is 16.7. The predicted octanol–water partition coefficient (Wildman–Crippen LogP) is 4.57. The molecule has 150 valence electrons. The fraction of sp³-hybridized carbons (Fsp3) is 0.333. The summed E-state index contributed by atoms with van der Waals surface area (Å²) in [5.41, 5.74) is 5.28. The standard InChI is InChI=1S/C24H26N2O3/c1-17-7-9-19(10-8-17)16-26-21-15-20(11-12-22(21)29-24(26)28)23(27)25-14-13-18-5-3-2-4-6-18/h5,7-12,15H,2-4,6,13-14,16H2,1H3,(H,25,27). The van der Waals surface area contributed by atoms with E-state index in [1.807, 2.05) is 31.2 Å². The monoisotopic (exact) mass is 390 g/mol. The number of nitrogens with zero attached hydrogens (tertiary/aromatic N) is 1. The van der Waals surface area contributed by atoms with E-state index in [-0.39, 0.29) is 5.91 Å². The van der Waals surface area contributed by atoms with Crippen molar-refractivity contribution in [3.63, 3.8) is 0 Å². The third-order valence-electron chi connectivity index (χ3n) is 5.51. The second-order valence-electron chi connectivity index (χ2n) is 7.74. The Morgan fingerprint density at radius 3 is 2.72 bits per heavy atom. The average molecular weight is 390 g/mol. The van der Waals surface area contributed by atoms with E-state index < -0.39 is 5.76 Å². The fourth-order valence-electron chi connectivity index (χ4n) is 3.80. The van der Waals surface area contributed by atoms with Crippen molar-refractivity contribution in [3.8, 4) is 0 Å². The summed E-state index contributed by atoms with van der Waals surface area (Å²) in [5, 5.41) is 3.00. The lowest BCUT2D eigenvalue weighted by Crippen LogP contribution is -2.25. The van der Waals surface area contributed by atoms with Crippen LogP contribution in [0.4, 0.5) is 0 Å². The van der Waals surface area contributed by atoms with Crippen LogP contribution in [0, 0.1) is 6.92 Å². The number of rotatable bonds is 6. The molecule has 3 aromatic rings. The maximum absolute atomic E-state index is 12.6. The summed E-state index contributed by atoms with van der Waals surface area (Å²) in [7, 11) is 0. The molecule has 0 bridgehead atoms. The topological polar surface area (TPSA) is 64.2 Å². The van der Waals surface area contributed by atoms with Crippen molar-refractivity contribution in [1.29, 1.82) is 0 Å². The first-order valence-corrected chi connectivity index (χ1v) is 10.3. The summed E-state index contributed by atoms with van der Waals surface area (Å²) in [4.78, 5) is 24.9. The Bertz CT molecular complexity index is 1100. The van der Waals surface area contributed by atoms with E-state index in [1.165, 1.54) is 24.0 Å². The van der Waals surface area contributed by atoms with Crippen LogP contribution in [0.3, 0.4) is 0 Å². The van der Waals surface area contributed by atoms with Gasteiger partial charge in [-0.25, -0.2) is 4.79 Å². The van der Waals surface area contributed by atoms with Gasteiger partial charge in [-0.05, 0) is 62.8 Å². The summed E-state index contributed by atoms with van der Waals surface area (Å²) in [6.07, 6.45) is 8.01. The molecule has 29 heavy (non-hydrogen) atoms. The molecule has 1 aromatic heterocycles. The minimum atomic E-state index is -0.414. The molecule has 0 spiro atoms. The molecular weight excluding hydrogens is 364 g/mol. The zero-order chi connectivity index (χ0) is 20.2. The predicted molar refractivity (Wildman–Crippen MR) is 114 cm³/mol. The maximum Gasteiger partial charge on any atom is 0.420 e. The lowest BCUT2D eigenvalue weighted by Gasteiger charge is -2.13. The molecule has 4 rings (SSSR count). The first-order chi connectivity index (χ1) is 14.1. The van der Waals surface area contributed by atoms with Crippen LogP contribution < -0.4 is 11.1 Å². The van der Waals surface area contributed by atoms with E-state index in [9.17, 15) is 9.59 Å². The van der Waals surface area contributed by atoms with Crippen molar-refractivity contribution >= 4 is 17.0 Å². The van der Waals surface area contributed by atoms with Crippen LogP contribution in [0.2, 0.25) is 0 Å². The van der Waals surface area contributed by atoms with Gasteiger partial charge in [0.1, 0.15) is 0 Å². The van der Waals surface area contributed by atoms with Gasteiger partial charge in [0.2, 0.25) is 0 Å². The molecule has 5 heteroatoms. The number of allylic oxidation sites excluding steroid dienone is 1. The normalized spacial score (nSPS) is 14.0. The largest absolute Gasteiger partial charge is 0.420 e. The molecule has 0 atom stereocenters. The smallest absolute Gasteiger partial charge is 0.408 e. The van der Waals surface area contributed by atoms with Crippen LogP contribution in [0.5, 0.6) is 0 Å². The molecule has 0 fully saturated rings. The fourth-order valence-corrected chi connectivity index (χ4v) is 3.80. The zero-order valence-electron chi connectivity index (χ0n) is 16.7. The summed E-state index contributed by atoms with van der Waals surface area (Å²) in [5.74, 6) is -0.541. The number of carbonyl (C=O) groups is 1. The number of amides is 1. The molecule has 0 aliphatic heterocycles. The average Bonchev–Trinajstić information content (AvgIpc) is 3.05. The summed E-state index contributed by atoms with van der Waals surface area (Å²) in [6.45, 7) is 3.06. The van der Waals surface area contributed by atoms with Gasteiger partial charge in [0.05, 0.1) is 12.1 Å². The number of benzene rings is 2. The lowest BCUT2D eigenvalue weighted by atomic mass is 9.97. The SMILES string of the molecule is Cc1ccc(Cn2c(=O)oc3ccc(C(=O)NCCC4=CCCCC4)cc32)cc1. The maximum atomic E-state index is 12.6. The van der Waals surface area contributed by atoms with Crippen LogP contribution in [0.15, 0.2) is 63.3 Å². The summed E-state index contributed by atoms with van der Waals surface area (Å²) in [6, 6.07) is 13.2. The van der Waals surface area contributed by atoms with Gasteiger partial charge >= 0.3 is 5.76 Å². The Morgan fingerprint density at radius 1 is 1.14 bits per heavy atom. The van der Waals surface area contributed by atoms with E-state index in [1.54, 1.807) is 22.8 Å². The first-order valence-electron chi connectivity index (χ1n) is 10.3. The Hall–Kier alpha value is -3.08. The molecule has 0 unspecified atom stereocenters. The Kier molecular flexibility index (Phi) is 5.65. The van der Waals surface area contributed by atoms with Crippen molar-refractivity contribution in [3.05, 3.63) is 81.4 Å². The van der Waals surface area contributed by atoms with E-state index in [4.69, 9.17) is 4.42 Å². The number of hydrogen-bond donors (Lipinski definition) is 1. The number of hydrogen-bond acceptors (Lipinski definition) is 3. The van der Waals surface area contributed by atoms with Gasteiger partial charge in [-0.3, -0.25) is 9.36 Å². The molecule has 1 aliphatic rings. The highest BCUT2D eigenvalue weighted by Crippen LogP contribution is 2.20. The highest BCUT2D eigenvalue weighted by atomic mass is 16.4. The van der Waals surface area contributed by atoms with E-state index >= 15 is 0 Å². The Morgan fingerprint density at radius 2 is 1.97 bits per heavy atom. The highest BCUT2D eigenvalue weighted by Gasteiger charge is 2.14. The minimum absolute atomic E-state index is 0.126. The van der Waals surface area contributed by atoms with Crippen molar-refractivity contribution in [2.24, 2.45) is 0 Å². The molecule has 0 saturated carbocycles. The van der Waals surface area contributed by atoms with Crippen LogP contribution in [-0.4, -0.2) is 17.0 Å². The van der Waals surface area contributed by atoms with Crippen molar-refractivity contribution in [1.82, 2.24) is 9.88 Å². The molecule has 1 amide bonds. The van der Waals surface area contributed by atoms with Crippen molar-refractivity contribution < 1.29 is 9.21 Å². The van der Waals surface area contributed by atoms with Gasteiger partial charge in [0.25, 0.3) is 5.91 Å². The van der Waals surface area contributed by atoms with Gasteiger partial charge in [0, 0.05) is 12.1 Å². The second-order valence-corrected chi connectivity index (χ2v) is 7.74. The molecule has 0 saturated heterocycles. The summed E-state index contributed by atoms with van der Waals surface area (Å²) >= 11 is 0. The number of nitrogens with one attached hydrogen (secondary N) is 1. The van der Waals surface area contributed by atoms with E-state index in [0.717, 1.165) is 24.8 Å². The van der Waals surface area contributed by atoms with Crippen molar-refractivity contribution in [2.75, 3.05) is 6.54 Å². The first kappa shape index (κ1) is 19.2. The number of aryl methyl sites for hydroxylation is 1. The molecule has 5 nitrogen and oxygen atoms in total. The lowest BCUT2D eigenvalue weighted by molar-refractivity contribution is 0.0954. The number of oxazole rings is 1. The Balaban J connectivity index is 1.50.